The van der Waals surface area contributed by atoms with E-state index in [9.17, 15) is 9.59 Å². The Kier molecular flexibility index (Phi) is 3.94. The van der Waals surface area contributed by atoms with E-state index in [0.29, 0.717) is 22.1 Å². The average molecular weight is 326 g/mol. The first-order chi connectivity index (χ1) is 11.0. The molecule has 0 spiro atoms. The van der Waals surface area contributed by atoms with Crippen molar-refractivity contribution in [3.63, 3.8) is 0 Å². The molecule has 0 saturated heterocycles. The van der Waals surface area contributed by atoms with Crippen molar-refractivity contribution in [2.45, 2.75) is 6.92 Å². The minimum absolute atomic E-state index is 0.210. The van der Waals surface area contributed by atoms with E-state index in [1.807, 2.05) is 19.1 Å². The molecular formula is C16H14N4O2S. The number of H-pyrrole nitrogens is 1. The van der Waals surface area contributed by atoms with Crippen LogP contribution >= 0.6 is 11.3 Å². The number of nitrogens with two attached hydrogens (primary N) is 1. The smallest absolute Gasteiger partial charge is 0.265 e. The SMILES string of the molecule is Cc1ccc(C(=O)Nc2nc(-c3c[nH]c(C(N)=O)c3)cs2)cc1. The second-order valence-electron chi connectivity index (χ2n) is 5.02. The van der Waals surface area contributed by atoms with Crippen LogP contribution in [0, 0.1) is 6.92 Å². The highest BCUT2D eigenvalue weighted by Gasteiger charge is 2.12. The first-order valence-electron chi connectivity index (χ1n) is 6.85. The molecule has 0 atom stereocenters. The molecule has 116 valence electrons. The number of nitrogens with zero attached hydrogens (tertiary/aromatic N) is 1. The predicted octanol–water partition coefficient (Wildman–Crippen LogP) is 2.80. The average Bonchev–Trinajstić information content (AvgIpc) is 3.16. The number of aromatic amines is 1. The Bertz CT molecular complexity index is 864. The molecule has 23 heavy (non-hydrogen) atoms. The van der Waals surface area contributed by atoms with Crippen molar-refractivity contribution in [1.29, 1.82) is 0 Å². The Hall–Kier alpha value is -2.93. The van der Waals surface area contributed by atoms with Crippen molar-refractivity contribution in [2.75, 3.05) is 5.32 Å². The number of thiazole rings is 1. The van der Waals surface area contributed by atoms with E-state index in [1.165, 1.54) is 11.3 Å². The zero-order valence-corrected chi connectivity index (χ0v) is 13.1. The van der Waals surface area contributed by atoms with E-state index in [-0.39, 0.29) is 5.91 Å². The van der Waals surface area contributed by atoms with Gasteiger partial charge in [-0.05, 0) is 25.1 Å². The number of hydrogen-bond acceptors (Lipinski definition) is 4. The molecular weight excluding hydrogens is 312 g/mol. The maximum absolute atomic E-state index is 12.2. The summed E-state index contributed by atoms with van der Waals surface area (Å²) in [5.74, 6) is -0.739. The van der Waals surface area contributed by atoms with Crippen LogP contribution in [0.25, 0.3) is 11.3 Å². The van der Waals surface area contributed by atoms with Gasteiger partial charge in [0.05, 0.1) is 5.69 Å². The van der Waals surface area contributed by atoms with Crippen LogP contribution in [-0.2, 0) is 0 Å². The van der Waals surface area contributed by atoms with E-state index in [1.54, 1.807) is 29.8 Å². The molecule has 0 unspecified atom stereocenters. The lowest BCUT2D eigenvalue weighted by Gasteiger charge is -2.01. The summed E-state index contributed by atoms with van der Waals surface area (Å²) in [6.45, 7) is 1.96. The van der Waals surface area contributed by atoms with Crippen molar-refractivity contribution in [3.05, 3.63) is 58.7 Å². The Morgan fingerprint density at radius 1 is 1.26 bits per heavy atom. The molecule has 2 aromatic heterocycles. The van der Waals surface area contributed by atoms with Gasteiger partial charge in [-0.2, -0.15) is 0 Å². The standard InChI is InChI=1S/C16H14N4O2S/c1-9-2-4-10(5-3-9)15(22)20-16-19-13(8-23-16)11-6-12(14(17)21)18-7-11/h2-8,18H,1H3,(H2,17,21)(H,19,20,22). The van der Waals surface area contributed by atoms with E-state index < -0.39 is 5.91 Å². The lowest BCUT2D eigenvalue weighted by molar-refractivity contribution is 0.0994. The zero-order valence-electron chi connectivity index (χ0n) is 12.3. The summed E-state index contributed by atoms with van der Waals surface area (Å²) in [6, 6.07) is 8.93. The summed E-state index contributed by atoms with van der Waals surface area (Å²) in [7, 11) is 0. The summed E-state index contributed by atoms with van der Waals surface area (Å²) in [6.07, 6.45) is 1.65. The molecule has 0 fully saturated rings. The molecule has 2 heterocycles. The number of amides is 2. The van der Waals surface area contributed by atoms with E-state index in [0.717, 1.165) is 11.1 Å². The van der Waals surface area contributed by atoms with Gasteiger partial charge in [0.2, 0.25) is 0 Å². The lowest BCUT2D eigenvalue weighted by Crippen LogP contribution is -2.11. The van der Waals surface area contributed by atoms with Gasteiger partial charge < -0.3 is 10.7 Å². The second kappa shape index (κ2) is 6.05. The summed E-state index contributed by atoms with van der Waals surface area (Å²) < 4.78 is 0. The van der Waals surface area contributed by atoms with E-state index >= 15 is 0 Å². The van der Waals surface area contributed by atoms with Crippen LogP contribution in [0.5, 0.6) is 0 Å². The Morgan fingerprint density at radius 2 is 2.00 bits per heavy atom. The molecule has 0 saturated carbocycles. The topological polar surface area (TPSA) is 101 Å². The summed E-state index contributed by atoms with van der Waals surface area (Å²) in [4.78, 5) is 30.4. The highest BCUT2D eigenvalue weighted by molar-refractivity contribution is 7.14. The zero-order chi connectivity index (χ0) is 16.4. The number of anilines is 1. The number of primary amides is 1. The monoisotopic (exact) mass is 326 g/mol. The van der Waals surface area contributed by atoms with Gasteiger partial charge in [-0.25, -0.2) is 4.98 Å². The third-order valence-corrected chi connectivity index (χ3v) is 4.04. The Morgan fingerprint density at radius 3 is 2.65 bits per heavy atom. The number of carbonyl (C=O) groups excluding carboxylic acids is 2. The Labute approximate surface area is 136 Å². The van der Waals surface area contributed by atoms with Gasteiger partial charge in [-0.1, -0.05) is 17.7 Å². The third kappa shape index (κ3) is 3.29. The van der Waals surface area contributed by atoms with Gasteiger partial charge in [0.25, 0.3) is 11.8 Å². The van der Waals surface area contributed by atoms with Crippen LogP contribution < -0.4 is 11.1 Å². The molecule has 1 aromatic carbocycles. The molecule has 7 heteroatoms. The highest BCUT2D eigenvalue weighted by atomic mass is 32.1. The largest absolute Gasteiger partial charge is 0.364 e. The Balaban J connectivity index is 1.75. The summed E-state index contributed by atoms with van der Waals surface area (Å²) in [5.41, 5.74) is 8.60. The van der Waals surface area contributed by atoms with Crippen molar-refractivity contribution >= 4 is 28.3 Å². The lowest BCUT2D eigenvalue weighted by atomic mass is 10.1. The van der Waals surface area contributed by atoms with Crippen molar-refractivity contribution in [2.24, 2.45) is 5.73 Å². The first-order valence-corrected chi connectivity index (χ1v) is 7.73. The van der Waals surface area contributed by atoms with Crippen molar-refractivity contribution in [3.8, 4) is 11.3 Å². The number of carbonyl (C=O) groups is 2. The molecule has 3 rings (SSSR count). The van der Waals surface area contributed by atoms with Crippen LogP contribution in [0.1, 0.15) is 26.4 Å². The van der Waals surface area contributed by atoms with Gasteiger partial charge in [-0.15, -0.1) is 11.3 Å². The fourth-order valence-electron chi connectivity index (χ4n) is 2.02. The number of nitrogens with one attached hydrogen (secondary N) is 2. The molecule has 0 aliphatic heterocycles. The molecule has 0 radical (unpaired) electrons. The molecule has 4 N–H and O–H groups in total. The van der Waals surface area contributed by atoms with Crippen LogP contribution in [0.2, 0.25) is 0 Å². The molecule has 0 bridgehead atoms. The molecule has 0 aliphatic rings. The number of rotatable bonds is 4. The van der Waals surface area contributed by atoms with Gasteiger partial charge in [0, 0.05) is 22.7 Å². The number of hydrogen-bond donors (Lipinski definition) is 3. The predicted molar refractivity (Wildman–Crippen MR) is 89.6 cm³/mol. The number of aromatic nitrogens is 2. The van der Waals surface area contributed by atoms with Crippen LogP contribution in [0.4, 0.5) is 5.13 Å². The van der Waals surface area contributed by atoms with Crippen LogP contribution in [-0.4, -0.2) is 21.8 Å². The molecule has 0 aliphatic carbocycles. The number of aryl methyl sites for hydroxylation is 1. The quantitative estimate of drug-likeness (QED) is 0.687. The highest BCUT2D eigenvalue weighted by Crippen LogP contribution is 2.25. The fraction of sp³-hybridized carbons (Fsp3) is 0.0625. The molecule has 3 aromatic rings. The summed E-state index contributed by atoms with van der Waals surface area (Å²) >= 11 is 1.32. The molecule has 6 nitrogen and oxygen atoms in total. The minimum Gasteiger partial charge on any atom is -0.364 e. The number of benzene rings is 1. The fourth-order valence-corrected chi connectivity index (χ4v) is 2.74. The van der Waals surface area contributed by atoms with Crippen LogP contribution in [0.15, 0.2) is 41.9 Å². The van der Waals surface area contributed by atoms with Gasteiger partial charge >= 0.3 is 0 Å². The maximum Gasteiger partial charge on any atom is 0.265 e. The molecule has 2 amide bonds. The normalized spacial score (nSPS) is 10.5. The van der Waals surface area contributed by atoms with Crippen LogP contribution in [0.3, 0.4) is 0 Å². The van der Waals surface area contributed by atoms with Gasteiger partial charge in [0.15, 0.2) is 5.13 Å². The van der Waals surface area contributed by atoms with Gasteiger partial charge in [-0.3, -0.25) is 14.9 Å². The maximum atomic E-state index is 12.2. The second-order valence-corrected chi connectivity index (χ2v) is 5.88. The van der Waals surface area contributed by atoms with Crippen molar-refractivity contribution in [1.82, 2.24) is 9.97 Å². The first kappa shape index (κ1) is 15.0. The third-order valence-electron chi connectivity index (χ3n) is 3.28. The van der Waals surface area contributed by atoms with Crippen molar-refractivity contribution < 1.29 is 9.59 Å². The van der Waals surface area contributed by atoms with E-state index in [4.69, 9.17) is 5.73 Å². The van der Waals surface area contributed by atoms with E-state index in [2.05, 4.69) is 15.3 Å². The summed E-state index contributed by atoms with van der Waals surface area (Å²) in [5, 5.41) is 5.06. The minimum atomic E-state index is -0.528. The van der Waals surface area contributed by atoms with Gasteiger partial charge in [0.1, 0.15) is 5.69 Å².